The minimum atomic E-state index is 0.0456. The lowest BCUT2D eigenvalue weighted by Gasteiger charge is -1.99. The van der Waals surface area contributed by atoms with Crippen molar-refractivity contribution in [1.82, 2.24) is 4.98 Å². The Kier molecular flexibility index (Phi) is 2.52. The monoisotopic (exact) mass is 190 g/mol. The van der Waals surface area contributed by atoms with Gasteiger partial charge in [-0.15, -0.1) is 0 Å². The first kappa shape index (κ1) is 9.24. The molecule has 14 heavy (non-hydrogen) atoms. The molecule has 0 spiro atoms. The van der Waals surface area contributed by atoms with E-state index >= 15 is 0 Å². The molecule has 4 N–H and O–H groups in total. The Labute approximate surface area is 82.6 Å². The van der Waals surface area contributed by atoms with Crippen molar-refractivity contribution < 1.29 is 5.11 Å². The number of nitrogens with two attached hydrogens (primary N) is 1. The van der Waals surface area contributed by atoms with Crippen LogP contribution >= 0.6 is 0 Å². The molecule has 0 unspecified atom stereocenters. The Morgan fingerprint density at radius 3 is 2.79 bits per heavy atom. The highest BCUT2D eigenvalue weighted by Gasteiger charge is 2.08. The molecule has 0 amide bonds. The van der Waals surface area contributed by atoms with E-state index in [1.807, 2.05) is 18.2 Å². The summed E-state index contributed by atoms with van der Waals surface area (Å²) in [6.07, 6.45) is 0.805. The molecular formula is C11H14N2O. The molecule has 3 nitrogen and oxygen atoms in total. The molecule has 1 heterocycles. The number of benzene rings is 1. The third kappa shape index (κ3) is 1.41. The lowest BCUT2D eigenvalue weighted by Crippen LogP contribution is -2.04. The van der Waals surface area contributed by atoms with Crippen LogP contribution in [0.4, 0.5) is 0 Å². The largest absolute Gasteiger partial charge is 0.390 e. The summed E-state index contributed by atoms with van der Waals surface area (Å²) in [6, 6.07) is 8.04. The number of aromatic nitrogens is 1. The van der Waals surface area contributed by atoms with E-state index in [1.165, 1.54) is 5.39 Å². The summed E-state index contributed by atoms with van der Waals surface area (Å²) < 4.78 is 0. The molecule has 3 heteroatoms. The number of aliphatic hydroxyl groups excluding tert-OH is 1. The van der Waals surface area contributed by atoms with Gasteiger partial charge in [-0.05, 0) is 24.6 Å². The summed E-state index contributed by atoms with van der Waals surface area (Å²) in [7, 11) is 0. The van der Waals surface area contributed by atoms with E-state index in [0.717, 1.165) is 23.2 Å². The number of nitrogens with one attached hydrogen (secondary N) is 1. The third-order valence-electron chi connectivity index (χ3n) is 2.45. The summed E-state index contributed by atoms with van der Waals surface area (Å²) in [5, 5.41) is 10.3. The maximum Gasteiger partial charge on any atom is 0.0834 e. The van der Waals surface area contributed by atoms with Gasteiger partial charge in [0.05, 0.1) is 6.61 Å². The molecule has 0 aliphatic heterocycles. The fourth-order valence-corrected chi connectivity index (χ4v) is 1.82. The molecule has 74 valence electrons. The standard InChI is InChI=1S/C11H14N2O/c12-6-5-9-8-3-1-2-4-10(8)13-11(9)7-14/h1-4,13-14H,5-7,12H2. The maximum absolute atomic E-state index is 9.17. The number of aliphatic hydroxyl groups is 1. The van der Waals surface area contributed by atoms with Gasteiger partial charge < -0.3 is 15.8 Å². The van der Waals surface area contributed by atoms with Crippen LogP contribution in [-0.4, -0.2) is 16.6 Å². The third-order valence-corrected chi connectivity index (χ3v) is 2.45. The average Bonchev–Trinajstić information content (AvgIpc) is 2.58. The van der Waals surface area contributed by atoms with E-state index in [4.69, 9.17) is 5.73 Å². The van der Waals surface area contributed by atoms with Crippen molar-refractivity contribution in [2.45, 2.75) is 13.0 Å². The van der Waals surface area contributed by atoms with Crippen molar-refractivity contribution >= 4 is 10.9 Å². The number of hydrogen-bond acceptors (Lipinski definition) is 2. The quantitative estimate of drug-likeness (QED) is 0.680. The summed E-state index contributed by atoms with van der Waals surface area (Å²) in [6.45, 7) is 0.652. The van der Waals surface area contributed by atoms with Gasteiger partial charge in [0.25, 0.3) is 0 Å². The number of hydrogen-bond donors (Lipinski definition) is 3. The first-order chi connectivity index (χ1) is 6.86. The minimum Gasteiger partial charge on any atom is -0.390 e. The van der Waals surface area contributed by atoms with Crippen LogP contribution in [0.25, 0.3) is 10.9 Å². The topological polar surface area (TPSA) is 62.0 Å². The number of fused-ring (bicyclic) bond motifs is 1. The van der Waals surface area contributed by atoms with Gasteiger partial charge in [0.2, 0.25) is 0 Å². The Balaban J connectivity index is 2.61. The van der Waals surface area contributed by atoms with E-state index < -0.39 is 0 Å². The van der Waals surface area contributed by atoms with Crippen LogP contribution in [0.15, 0.2) is 24.3 Å². The molecule has 2 rings (SSSR count). The Morgan fingerprint density at radius 1 is 1.29 bits per heavy atom. The smallest absolute Gasteiger partial charge is 0.0834 e. The molecule has 0 saturated carbocycles. The van der Waals surface area contributed by atoms with Crippen LogP contribution in [-0.2, 0) is 13.0 Å². The summed E-state index contributed by atoms with van der Waals surface area (Å²) in [5.41, 5.74) is 8.64. The predicted molar refractivity (Wildman–Crippen MR) is 57.0 cm³/mol. The van der Waals surface area contributed by atoms with Gasteiger partial charge in [0.15, 0.2) is 0 Å². The van der Waals surface area contributed by atoms with Crippen LogP contribution in [0.3, 0.4) is 0 Å². The molecule has 2 aromatic rings. The second kappa shape index (κ2) is 3.82. The van der Waals surface area contributed by atoms with Gasteiger partial charge in [-0.25, -0.2) is 0 Å². The zero-order valence-electron chi connectivity index (χ0n) is 7.96. The van der Waals surface area contributed by atoms with E-state index in [2.05, 4.69) is 11.1 Å². The van der Waals surface area contributed by atoms with E-state index in [9.17, 15) is 5.11 Å². The van der Waals surface area contributed by atoms with Crippen molar-refractivity contribution in [3.63, 3.8) is 0 Å². The van der Waals surface area contributed by atoms with Gasteiger partial charge in [0, 0.05) is 16.6 Å². The Morgan fingerprint density at radius 2 is 2.07 bits per heavy atom. The zero-order valence-corrected chi connectivity index (χ0v) is 7.96. The van der Waals surface area contributed by atoms with Crippen LogP contribution in [0.5, 0.6) is 0 Å². The lowest BCUT2D eigenvalue weighted by atomic mass is 10.1. The highest BCUT2D eigenvalue weighted by molar-refractivity contribution is 5.84. The zero-order chi connectivity index (χ0) is 9.97. The molecule has 1 aromatic heterocycles. The second-order valence-electron chi connectivity index (χ2n) is 3.32. The average molecular weight is 190 g/mol. The number of H-pyrrole nitrogens is 1. The van der Waals surface area contributed by atoms with Crippen molar-refractivity contribution in [3.8, 4) is 0 Å². The van der Waals surface area contributed by atoms with Gasteiger partial charge in [-0.1, -0.05) is 18.2 Å². The molecular weight excluding hydrogens is 176 g/mol. The molecule has 0 radical (unpaired) electrons. The van der Waals surface area contributed by atoms with E-state index in [-0.39, 0.29) is 6.61 Å². The summed E-state index contributed by atoms with van der Waals surface area (Å²) in [5.74, 6) is 0. The number of aromatic amines is 1. The summed E-state index contributed by atoms with van der Waals surface area (Å²) >= 11 is 0. The van der Waals surface area contributed by atoms with Crippen LogP contribution in [0, 0.1) is 0 Å². The van der Waals surface area contributed by atoms with Crippen LogP contribution < -0.4 is 5.73 Å². The number of rotatable bonds is 3. The fourth-order valence-electron chi connectivity index (χ4n) is 1.82. The molecule has 0 saturated heterocycles. The molecule has 0 bridgehead atoms. The van der Waals surface area contributed by atoms with Gasteiger partial charge in [-0.3, -0.25) is 0 Å². The van der Waals surface area contributed by atoms with Gasteiger partial charge in [-0.2, -0.15) is 0 Å². The van der Waals surface area contributed by atoms with Crippen molar-refractivity contribution in [2.75, 3.05) is 6.54 Å². The Bertz CT molecular complexity index is 434. The Hall–Kier alpha value is -1.32. The van der Waals surface area contributed by atoms with Crippen molar-refractivity contribution in [2.24, 2.45) is 5.73 Å². The first-order valence-electron chi connectivity index (χ1n) is 4.76. The fraction of sp³-hybridized carbons (Fsp3) is 0.273. The second-order valence-corrected chi connectivity index (χ2v) is 3.32. The highest BCUT2D eigenvalue weighted by Crippen LogP contribution is 2.22. The van der Waals surface area contributed by atoms with E-state index in [1.54, 1.807) is 0 Å². The lowest BCUT2D eigenvalue weighted by molar-refractivity contribution is 0.276. The van der Waals surface area contributed by atoms with Crippen molar-refractivity contribution in [3.05, 3.63) is 35.5 Å². The molecule has 0 atom stereocenters. The number of para-hydroxylation sites is 1. The molecule has 0 aliphatic carbocycles. The van der Waals surface area contributed by atoms with Gasteiger partial charge in [0.1, 0.15) is 0 Å². The van der Waals surface area contributed by atoms with Gasteiger partial charge >= 0.3 is 0 Å². The summed E-state index contributed by atoms with van der Waals surface area (Å²) in [4.78, 5) is 3.19. The van der Waals surface area contributed by atoms with Crippen molar-refractivity contribution in [1.29, 1.82) is 0 Å². The van der Waals surface area contributed by atoms with E-state index in [0.29, 0.717) is 6.54 Å². The highest BCUT2D eigenvalue weighted by atomic mass is 16.3. The predicted octanol–water partition coefficient (Wildman–Crippen LogP) is 1.16. The molecule has 1 aromatic carbocycles. The minimum absolute atomic E-state index is 0.0456. The van der Waals surface area contributed by atoms with Crippen LogP contribution in [0.2, 0.25) is 0 Å². The maximum atomic E-state index is 9.17. The molecule has 0 aliphatic rings. The molecule has 0 fully saturated rings. The van der Waals surface area contributed by atoms with Crippen LogP contribution in [0.1, 0.15) is 11.3 Å². The SMILES string of the molecule is NCCc1c(CO)[nH]c2ccccc12. The first-order valence-corrected chi connectivity index (χ1v) is 4.76. The normalized spacial score (nSPS) is 11.0.